The summed E-state index contributed by atoms with van der Waals surface area (Å²) in [5.41, 5.74) is 1.17. The van der Waals surface area contributed by atoms with E-state index in [4.69, 9.17) is 0 Å². The van der Waals surface area contributed by atoms with Crippen LogP contribution in [0.3, 0.4) is 0 Å². The summed E-state index contributed by atoms with van der Waals surface area (Å²) in [7, 11) is -3.27. The smallest absolute Gasteiger partial charge is 0.221 e. The van der Waals surface area contributed by atoms with Crippen molar-refractivity contribution in [3.05, 3.63) is 35.9 Å². The molecule has 1 N–H and O–H groups in total. The van der Waals surface area contributed by atoms with Gasteiger partial charge < -0.3 is 5.32 Å². The number of carbonyl (C=O) groups excluding carboxylic acids is 1. The second-order valence-electron chi connectivity index (χ2n) is 5.85. The number of benzene rings is 1. The van der Waals surface area contributed by atoms with Crippen molar-refractivity contribution in [1.82, 2.24) is 9.62 Å². The summed E-state index contributed by atoms with van der Waals surface area (Å²) in [4.78, 5) is 11.8. The van der Waals surface area contributed by atoms with Crippen LogP contribution >= 0.6 is 0 Å². The van der Waals surface area contributed by atoms with Gasteiger partial charge in [0.1, 0.15) is 0 Å². The zero-order valence-corrected chi connectivity index (χ0v) is 14.4. The van der Waals surface area contributed by atoms with Gasteiger partial charge in [-0.25, -0.2) is 12.7 Å². The minimum absolute atomic E-state index is 0.117. The lowest BCUT2D eigenvalue weighted by molar-refractivity contribution is -0.121. The molecule has 0 aliphatic rings. The molecule has 0 spiro atoms. The second kappa shape index (κ2) is 8.90. The molecule has 6 heteroatoms. The average molecular weight is 326 g/mol. The number of hydrogen-bond donors (Lipinski definition) is 1. The SMILES string of the molecule is CC(C)CN(CCC(=O)NCCc1ccccc1)S(C)(=O)=O. The van der Waals surface area contributed by atoms with Crippen LogP contribution in [0.2, 0.25) is 0 Å². The van der Waals surface area contributed by atoms with Gasteiger partial charge in [-0.15, -0.1) is 0 Å². The maximum atomic E-state index is 11.8. The zero-order chi connectivity index (χ0) is 16.6. The first-order chi connectivity index (χ1) is 10.3. The predicted molar refractivity (Wildman–Crippen MR) is 89.0 cm³/mol. The topological polar surface area (TPSA) is 66.5 Å². The van der Waals surface area contributed by atoms with Gasteiger partial charge in [-0.1, -0.05) is 44.2 Å². The van der Waals surface area contributed by atoms with E-state index in [0.29, 0.717) is 13.1 Å². The molecule has 0 aromatic heterocycles. The molecule has 1 amide bonds. The third-order valence-corrected chi connectivity index (χ3v) is 4.47. The van der Waals surface area contributed by atoms with E-state index < -0.39 is 10.0 Å². The molecule has 1 aromatic carbocycles. The zero-order valence-electron chi connectivity index (χ0n) is 13.6. The van der Waals surface area contributed by atoms with E-state index in [0.717, 1.165) is 6.42 Å². The first-order valence-electron chi connectivity index (χ1n) is 7.55. The maximum Gasteiger partial charge on any atom is 0.221 e. The molecule has 1 rings (SSSR count). The fourth-order valence-corrected chi connectivity index (χ4v) is 3.10. The van der Waals surface area contributed by atoms with Crippen LogP contribution in [0.1, 0.15) is 25.8 Å². The van der Waals surface area contributed by atoms with Crippen LogP contribution in [0, 0.1) is 5.92 Å². The lowest BCUT2D eigenvalue weighted by Gasteiger charge is -2.21. The van der Waals surface area contributed by atoms with Crippen molar-refractivity contribution in [2.24, 2.45) is 5.92 Å². The molecule has 0 aliphatic carbocycles. The molecule has 5 nitrogen and oxygen atoms in total. The number of rotatable bonds is 9. The summed E-state index contributed by atoms with van der Waals surface area (Å²) < 4.78 is 24.7. The molecule has 0 saturated heterocycles. The highest BCUT2D eigenvalue weighted by Gasteiger charge is 2.18. The lowest BCUT2D eigenvalue weighted by Crippen LogP contribution is -2.37. The number of amides is 1. The van der Waals surface area contributed by atoms with Gasteiger partial charge in [0.15, 0.2) is 0 Å². The van der Waals surface area contributed by atoms with Crippen LogP contribution < -0.4 is 5.32 Å². The number of nitrogens with one attached hydrogen (secondary N) is 1. The Morgan fingerprint density at radius 2 is 1.86 bits per heavy atom. The molecule has 124 valence electrons. The van der Waals surface area contributed by atoms with E-state index in [1.807, 2.05) is 44.2 Å². The monoisotopic (exact) mass is 326 g/mol. The Kier molecular flexibility index (Phi) is 7.55. The molecule has 0 aliphatic heterocycles. The highest BCUT2D eigenvalue weighted by atomic mass is 32.2. The molecular weight excluding hydrogens is 300 g/mol. The maximum absolute atomic E-state index is 11.8. The minimum atomic E-state index is -3.27. The van der Waals surface area contributed by atoms with Crippen LogP contribution in [0.5, 0.6) is 0 Å². The van der Waals surface area contributed by atoms with Crippen LogP contribution in [0.15, 0.2) is 30.3 Å². The van der Waals surface area contributed by atoms with Gasteiger partial charge in [-0.3, -0.25) is 4.79 Å². The summed E-state index contributed by atoms with van der Waals surface area (Å²) in [5, 5.41) is 2.83. The van der Waals surface area contributed by atoms with Crippen LogP contribution in [0.4, 0.5) is 0 Å². The molecule has 0 fully saturated rings. The van der Waals surface area contributed by atoms with E-state index in [2.05, 4.69) is 5.32 Å². The number of nitrogens with zero attached hydrogens (tertiary/aromatic N) is 1. The number of hydrogen-bond acceptors (Lipinski definition) is 3. The Balaban J connectivity index is 2.34. The van der Waals surface area contributed by atoms with E-state index in [1.54, 1.807) is 0 Å². The van der Waals surface area contributed by atoms with Crippen molar-refractivity contribution in [3.8, 4) is 0 Å². The van der Waals surface area contributed by atoms with Gasteiger partial charge >= 0.3 is 0 Å². The summed E-state index contributed by atoms with van der Waals surface area (Å²) in [6.45, 7) is 5.15. The quantitative estimate of drug-likeness (QED) is 0.750. The average Bonchev–Trinajstić information content (AvgIpc) is 2.43. The summed E-state index contributed by atoms with van der Waals surface area (Å²) in [5.74, 6) is 0.115. The third-order valence-electron chi connectivity index (χ3n) is 3.20. The molecule has 22 heavy (non-hydrogen) atoms. The van der Waals surface area contributed by atoms with Gasteiger partial charge in [-0.2, -0.15) is 0 Å². The van der Waals surface area contributed by atoms with Gasteiger partial charge in [-0.05, 0) is 17.9 Å². The fourth-order valence-electron chi connectivity index (χ4n) is 2.11. The first-order valence-corrected chi connectivity index (χ1v) is 9.39. The molecule has 0 unspecified atom stereocenters. The van der Waals surface area contributed by atoms with Gasteiger partial charge in [0.05, 0.1) is 6.26 Å². The summed E-state index contributed by atoms with van der Waals surface area (Å²) in [6.07, 6.45) is 2.14. The minimum Gasteiger partial charge on any atom is -0.356 e. The van der Waals surface area contributed by atoms with E-state index in [-0.39, 0.29) is 24.8 Å². The molecule has 0 radical (unpaired) electrons. The summed E-state index contributed by atoms with van der Waals surface area (Å²) in [6, 6.07) is 9.91. The number of sulfonamides is 1. The van der Waals surface area contributed by atoms with Crippen LogP contribution in [-0.4, -0.2) is 44.5 Å². The lowest BCUT2D eigenvalue weighted by atomic mass is 10.1. The van der Waals surface area contributed by atoms with Crippen molar-refractivity contribution >= 4 is 15.9 Å². The molecule has 0 saturated carbocycles. The Hall–Kier alpha value is -1.40. The van der Waals surface area contributed by atoms with Gasteiger partial charge in [0.25, 0.3) is 0 Å². The summed E-state index contributed by atoms with van der Waals surface area (Å²) >= 11 is 0. The van der Waals surface area contributed by atoms with Crippen molar-refractivity contribution in [1.29, 1.82) is 0 Å². The Morgan fingerprint density at radius 3 is 2.41 bits per heavy atom. The van der Waals surface area contributed by atoms with E-state index in [9.17, 15) is 13.2 Å². The Morgan fingerprint density at radius 1 is 1.23 bits per heavy atom. The highest BCUT2D eigenvalue weighted by molar-refractivity contribution is 7.88. The standard InChI is InChI=1S/C16H26N2O3S/c1-14(2)13-18(22(3,20)21)12-10-16(19)17-11-9-15-7-5-4-6-8-15/h4-8,14H,9-13H2,1-3H3,(H,17,19). The number of carbonyl (C=O) groups is 1. The molecule has 0 atom stereocenters. The molecular formula is C16H26N2O3S. The van der Waals surface area contributed by atoms with Gasteiger partial charge in [0, 0.05) is 26.1 Å². The highest BCUT2D eigenvalue weighted by Crippen LogP contribution is 2.05. The Bertz CT molecular complexity index is 556. The predicted octanol–water partition coefficient (Wildman–Crippen LogP) is 1.65. The second-order valence-corrected chi connectivity index (χ2v) is 7.83. The van der Waals surface area contributed by atoms with Crippen molar-refractivity contribution in [2.45, 2.75) is 26.7 Å². The fraction of sp³-hybridized carbons (Fsp3) is 0.562. The van der Waals surface area contributed by atoms with Crippen LogP contribution in [0.25, 0.3) is 0 Å². The van der Waals surface area contributed by atoms with Crippen LogP contribution in [-0.2, 0) is 21.2 Å². The van der Waals surface area contributed by atoms with Crippen molar-refractivity contribution in [3.63, 3.8) is 0 Å². The molecule has 0 heterocycles. The first kappa shape index (κ1) is 18.6. The molecule has 1 aromatic rings. The van der Waals surface area contributed by atoms with Crippen molar-refractivity contribution < 1.29 is 13.2 Å². The Labute approximate surface area is 133 Å². The van der Waals surface area contributed by atoms with Gasteiger partial charge in [0.2, 0.25) is 15.9 Å². The molecule has 0 bridgehead atoms. The normalized spacial score (nSPS) is 11.9. The largest absolute Gasteiger partial charge is 0.356 e. The third kappa shape index (κ3) is 7.56. The van der Waals surface area contributed by atoms with E-state index >= 15 is 0 Å². The van der Waals surface area contributed by atoms with E-state index in [1.165, 1.54) is 16.1 Å². The van der Waals surface area contributed by atoms with Crippen molar-refractivity contribution in [2.75, 3.05) is 25.9 Å².